The van der Waals surface area contributed by atoms with Crippen LogP contribution in [0.3, 0.4) is 0 Å². The van der Waals surface area contributed by atoms with Crippen molar-refractivity contribution in [1.82, 2.24) is 10.1 Å². The molecule has 1 aromatic carbocycles. The molecular formula is C15H15N3O2. The zero-order valence-electron chi connectivity index (χ0n) is 10.9. The Hall–Kier alpha value is -2.14. The van der Waals surface area contributed by atoms with E-state index in [-0.39, 0.29) is 17.9 Å². The van der Waals surface area contributed by atoms with E-state index in [2.05, 4.69) is 16.2 Å². The number of hydrogen-bond donors (Lipinski definition) is 1. The summed E-state index contributed by atoms with van der Waals surface area (Å²) in [5.41, 5.74) is 6.98. The van der Waals surface area contributed by atoms with Crippen molar-refractivity contribution >= 4 is 0 Å². The number of aromatic nitrogens is 2. The zero-order chi connectivity index (χ0) is 13.5. The first kappa shape index (κ1) is 11.7. The van der Waals surface area contributed by atoms with Crippen LogP contribution in [0.15, 0.2) is 40.9 Å². The van der Waals surface area contributed by atoms with Crippen molar-refractivity contribution in [2.24, 2.45) is 5.73 Å². The standard InChI is InChI=1S/C15H15N3O2/c16-10-6-5-9(7-10)15-17-14(18-20-15)12-8-19-13-4-2-1-3-11(12)13/h1-6,9-10,12H,7-8,16H2. The van der Waals surface area contributed by atoms with Gasteiger partial charge in [0, 0.05) is 11.6 Å². The fraction of sp³-hybridized carbons (Fsp3) is 0.333. The number of nitrogens with zero attached hydrogens (tertiary/aromatic N) is 2. The van der Waals surface area contributed by atoms with Gasteiger partial charge in [-0.3, -0.25) is 0 Å². The molecule has 0 amide bonds. The van der Waals surface area contributed by atoms with Crippen molar-refractivity contribution in [3.63, 3.8) is 0 Å². The molecule has 2 heterocycles. The predicted molar refractivity (Wildman–Crippen MR) is 72.6 cm³/mol. The van der Waals surface area contributed by atoms with Crippen molar-refractivity contribution in [3.8, 4) is 5.75 Å². The lowest BCUT2D eigenvalue weighted by molar-refractivity contribution is 0.329. The highest BCUT2D eigenvalue weighted by Gasteiger charge is 2.31. The third kappa shape index (κ3) is 1.82. The monoisotopic (exact) mass is 269 g/mol. The molecule has 1 aliphatic carbocycles. The Bertz CT molecular complexity index is 665. The molecule has 0 saturated heterocycles. The number of rotatable bonds is 2. The second-order valence-electron chi connectivity index (χ2n) is 5.28. The van der Waals surface area contributed by atoms with Crippen LogP contribution in [-0.2, 0) is 0 Å². The second kappa shape index (κ2) is 4.45. The molecule has 2 aliphatic rings. The molecule has 5 heteroatoms. The molecule has 0 radical (unpaired) electrons. The van der Waals surface area contributed by atoms with E-state index in [1.54, 1.807) is 0 Å². The van der Waals surface area contributed by atoms with E-state index in [0.717, 1.165) is 17.7 Å². The van der Waals surface area contributed by atoms with Gasteiger partial charge >= 0.3 is 0 Å². The summed E-state index contributed by atoms with van der Waals surface area (Å²) in [6.45, 7) is 0.568. The van der Waals surface area contributed by atoms with Crippen molar-refractivity contribution < 1.29 is 9.26 Å². The number of hydrogen-bond acceptors (Lipinski definition) is 5. The highest BCUT2D eigenvalue weighted by Crippen LogP contribution is 2.37. The van der Waals surface area contributed by atoms with Crippen LogP contribution in [0.1, 0.15) is 35.5 Å². The first-order valence-corrected chi connectivity index (χ1v) is 6.80. The molecule has 0 saturated carbocycles. The van der Waals surface area contributed by atoms with Crippen LogP contribution in [0, 0.1) is 0 Å². The van der Waals surface area contributed by atoms with Gasteiger partial charge in [-0.05, 0) is 12.5 Å². The van der Waals surface area contributed by atoms with E-state index >= 15 is 0 Å². The van der Waals surface area contributed by atoms with Gasteiger partial charge in [-0.25, -0.2) is 0 Å². The molecule has 2 aromatic rings. The SMILES string of the molecule is NC1C=CC(c2nc(C3COc4ccccc43)no2)C1. The minimum atomic E-state index is 0.0581. The topological polar surface area (TPSA) is 74.2 Å². The lowest BCUT2D eigenvalue weighted by Gasteiger charge is -2.03. The lowest BCUT2D eigenvalue weighted by atomic mass is 10.0. The zero-order valence-corrected chi connectivity index (χ0v) is 10.9. The van der Waals surface area contributed by atoms with E-state index in [1.807, 2.05) is 30.4 Å². The van der Waals surface area contributed by atoms with Gasteiger partial charge in [0.05, 0.1) is 11.8 Å². The Morgan fingerprint density at radius 1 is 1.20 bits per heavy atom. The number of nitrogens with two attached hydrogens (primary N) is 1. The molecule has 3 atom stereocenters. The summed E-state index contributed by atoms with van der Waals surface area (Å²) in [6, 6.07) is 8.07. The van der Waals surface area contributed by atoms with Crippen LogP contribution in [0.4, 0.5) is 0 Å². The summed E-state index contributed by atoms with van der Waals surface area (Å²) in [5.74, 6) is 2.45. The minimum Gasteiger partial charge on any atom is -0.492 e. The fourth-order valence-corrected chi connectivity index (χ4v) is 2.83. The van der Waals surface area contributed by atoms with Crippen molar-refractivity contribution in [3.05, 3.63) is 53.7 Å². The fourth-order valence-electron chi connectivity index (χ4n) is 2.83. The Balaban J connectivity index is 1.62. The first-order chi connectivity index (χ1) is 9.81. The van der Waals surface area contributed by atoms with E-state index in [4.69, 9.17) is 15.0 Å². The van der Waals surface area contributed by atoms with Crippen LogP contribution in [0.25, 0.3) is 0 Å². The lowest BCUT2D eigenvalue weighted by Crippen LogP contribution is -2.14. The third-order valence-electron chi connectivity index (χ3n) is 3.90. The number of para-hydroxylation sites is 1. The Kier molecular flexibility index (Phi) is 2.60. The highest BCUT2D eigenvalue weighted by molar-refractivity contribution is 5.42. The van der Waals surface area contributed by atoms with Gasteiger partial charge < -0.3 is 15.0 Å². The predicted octanol–water partition coefficient (Wildman–Crippen LogP) is 1.96. The number of allylic oxidation sites excluding steroid dienone is 1. The number of ether oxygens (including phenoxy) is 1. The highest BCUT2D eigenvalue weighted by atomic mass is 16.5. The molecule has 4 rings (SSSR count). The largest absolute Gasteiger partial charge is 0.492 e. The minimum absolute atomic E-state index is 0.0581. The quantitative estimate of drug-likeness (QED) is 0.844. The third-order valence-corrected chi connectivity index (χ3v) is 3.90. The normalized spacial score (nSPS) is 27.6. The molecule has 102 valence electrons. The maximum atomic E-state index is 5.86. The average Bonchev–Trinajstić information content (AvgIpc) is 3.15. The van der Waals surface area contributed by atoms with Crippen molar-refractivity contribution in [2.45, 2.75) is 24.3 Å². The van der Waals surface area contributed by atoms with Gasteiger partial charge in [0.15, 0.2) is 5.82 Å². The van der Waals surface area contributed by atoms with Crippen LogP contribution < -0.4 is 10.5 Å². The summed E-state index contributed by atoms with van der Waals surface area (Å²) in [4.78, 5) is 4.54. The van der Waals surface area contributed by atoms with Gasteiger partial charge in [0.2, 0.25) is 5.89 Å². The Morgan fingerprint density at radius 3 is 2.95 bits per heavy atom. The summed E-state index contributed by atoms with van der Waals surface area (Å²) in [5, 5.41) is 4.13. The Labute approximate surface area is 116 Å². The van der Waals surface area contributed by atoms with Crippen LogP contribution in [-0.4, -0.2) is 22.8 Å². The van der Waals surface area contributed by atoms with Crippen LogP contribution in [0.5, 0.6) is 5.75 Å². The molecule has 0 fully saturated rings. The van der Waals surface area contributed by atoms with Gasteiger partial charge in [-0.2, -0.15) is 4.98 Å². The summed E-state index contributed by atoms with van der Waals surface area (Å²) < 4.78 is 11.1. The van der Waals surface area contributed by atoms with E-state index in [1.165, 1.54) is 0 Å². The van der Waals surface area contributed by atoms with Gasteiger partial charge in [0.1, 0.15) is 12.4 Å². The molecule has 5 nitrogen and oxygen atoms in total. The molecule has 0 spiro atoms. The van der Waals surface area contributed by atoms with E-state index in [0.29, 0.717) is 18.3 Å². The molecule has 20 heavy (non-hydrogen) atoms. The van der Waals surface area contributed by atoms with E-state index < -0.39 is 0 Å². The van der Waals surface area contributed by atoms with E-state index in [9.17, 15) is 0 Å². The maximum Gasteiger partial charge on any atom is 0.233 e. The summed E-state index contributed by atoms with van der Waals surface area (Å²) in [6.07, 6.45) is 4.86. The van der Waals surface area contributed by atoms with Crippen molar-refractivity contribution in [2.75, 3.05) is 6.61 Å². The molecule has 1 aromatic heterocycles. The average molecular weight is 269 g/mol. The van der Waals surface area contributed by atoms with Gasteiger partial charge in [0.25, 0.3) is 0 Å². The summed E-state index contributed by atoms with van der Waals surface area (Å²) >= 11 is 0. The number of benzene rings is 1. The summed E-state index contributed by atoms with van der Waals surface area (Å²) in [7, 11) is 0. The maximum absolute atomic E-state index is 5.86. The van der Waals surface area contributed by atoms with Crippen LogP contribution in [0.2, 0.25) is 0 Å². The molecule has 3 unspecified atom stereocenters. The molecule has 2 N–H and O–H groups in total. The van der Waals surface area contributed by atoms with Crippen LogP contribution >= 0.6 is 0 Å². The smallest absolute Gasteiger partial charge is 0.233 e. The second-order valence-corrected chi connectivity index (χ2v) is 5.28. The van der Waals surface area contributed by atoms with Gasteiger partial charge in [-0.1, -0.05) is 35.5 Å². The molecule has 1 aliphatic heterocycles. The molecular weight excluding hydrogens is 254 g/mol. The molecule has 0 bridgehead atoms. The Morgan fingerprint density at radius 2 is 2.10 bits per heavy atom. The number of fused-ring (bicyclic) bond motifs is 1. The van der Waals surface area contributed by atoms with Gasteiger partial charge in [-0.15, -0.1) is 0 Å². The van der Waals surface area contributed by atoms with Crippen molar-refractivity contribution in [1.29, 1.82) is 0 Å². The first-order valence-electron chi connectivity index (χ1n) is 6.80.